The Morgan fingerprint density at radius 1 is 1.27 bits per heavy atom. The Balaban J connectivity index is 2.21. The smallest absolute Gasteiger partial charge is 0.398 e. The molecule has 1 aromatic heterocycles. The van der Waals surface area contributed by atoms with Crippen molar-refractivity contribution in [3.8, 4) is 0 Å². The Kier molecular flexibility index (Phi) is 4.45. The lowest BCUT2D eigenvalue weighted by molar-refractivity contribution is 0.00578. The number of nitrogens with zero attached hydrogens (tertiary/aromatic N) is 2. The lowest BCUT2D eigenvalue weighted by Crippen LogP contribution is -2.41. The van der Waals surface area contributed by atoms with Gasteiger partial charge in [0.05, 0.1) is 17.4 Å². The molecule has 0 amide bonds. The van der Waals surface area contributed by atoms with E-state index in [1.807, 2.05) is 27.7 Å². The minimum absolute atomic E-state index is 0.263. The van der Waals surface area contributed by atoms with Crippen LogP contribution in [0.1, 0.15) is 40.2 Å². The van der Waals surface area contributed by atoms with E-state index < -0.39 is 37.0 Å². The quantitative estimate of drug-likeness (QED) is 0.798. The van der Waals surface area contributed by atoms with Crippen molar-refractivity contribution in [2.24, 2.45) is 0 Å². The minimum Gasteiger partial charge on any atom is -0.398 e. The first-order chi connectivity index (χ1) is 10.0. The third-order valence-corrected chi connectivity index (χ3v) is 4.21. The highest BCUT2D eigenvalue weighted by atomic mass is 19.3. The molecule has 2 rings (SSSR count). The van der Waals surface area contributed by atoms with Crippen LogP contribution in [0.2, 0.25) is 0 Å². The molecule has 8 heteroatoms. The van der Waals surface area contributed by atoms with E-state index in [1.165, 1.54) is 12.4 Å². The van der Waals surface area contributed by atoms with Gasteiger partial charge in [-0.15, -0.1) is 0 Å². The molecule has 0 atom stereocenters. The van der Waals surface area contributed by atoms with Crippen LogP contribution in [-0.2, 0) is 15.9 Å². The first-order valence-corrected chi connectivity index (χ1v) is 7.06. The van der Waals surface area contributed by atoms with Crippen LogP contribution in [-0.4, -0.2) is 34.5 Å². The summed E-state index contributed by atoms with van der Waals surface area (Å²) in [6.45, 7) is 8.34. The van der Waals surface area contributed by atoms with Crippen LogP contribution in [0.25, 0.3) is 5.57 Å². The number of rotatable bonds is 4. The molecule has 1 aliphatic heterocycles. The second kappa shape index (κ2) is 5.74. The molecular weight excluding hydrogens is 296 g/mol. The summed E-state index contributed by atoms with van der Waals surface area (Å²) >= 11 is 0. The maximum absolute atomic E-state index is 14.6. The van der Waals surface area contributed by atoms with Gasteiger partial charge < -0.3 is 9.31 Å². The molecule has 1 fully saturated rings. The molecule has 0 N–H and O–H groups in total. The highest BCUT2D eigenvalue weighted by Gasteiger charge is 2.53. The first kappa shape index (κ1) is 17.1. The molecule has 1 aromatic rings. The third kappa shape index (κ3) is 3.22. The number of allylic oxidation sites excluding steroid dienone is 1. The van der Waals surface area contributed by atoms with Crippen LogP contribution < -0.4 is 0 Å². The van der Waals surface area contributed by atoms with Gasteiger partial charge in [0.1, 0.15) is 12.3 Å². The molecule has 22 heavy (non-hydrogen) atoms. The fourth-order valence-corrected chi connectivity index (χ4v) is 2.06. The van der Waals surface area contributed by atoms with Gasteiger partial charge in [-0.25, -0.2) is 13.2 Å². The van der Waals surface area contributed by atoms with Crippen LogP contribution >= 0.6 is 0 Å². The Labute approximate surface area is 128 Å². The molecule has 1 aliphatic rings. The van der Waals surface area contributed by atoms with Crippen molar-refractivity contribution in [2.75, 3.05) is 0 Å². The van der Waals surface area contributed by atoms with E-state index in [-0.39, 0.29) is 5.57 Å². The lowest BCUT2D eigenvalue weighted by atomic mass is 9.84. The third-order valence-electron chi connectivity index (χ3n) is 4.21. The molecular formula is C14H20BF3N2O2. The van der Waals surface area contributed by atoms with Crippen molar-refractivity contribution in [1.29, 1.82) is 0 Å². The highest BCUT2D eigenvalue weighted by molar-refractivity contribution is 6.55. The normalized spacial score (nSPS) is 21.4. The highest BCUT2D eigenvalue weighted by Crippen LogP contribution is 2.40. The lowest BCUT2D eigenvalue weighted by Gasteiger charge is -2.32. The van der Waals surface area contributed by atoms with Crippen LogP contribution in [0, 0.1) is 0 Å². The predicted octanol–water partition coefficient (Wildman–Crippen LogP) is 3.48. The zero-order valence-corrected chi connectivity index (χ0v) is 13.4. The predicted molar refractivity (Wildman–Crippen MR) is 78.0 cm³/mol. The Hall–Kier alpha value is -1.28. The van der Waals surface area contributed by atoms with Crippen LogP contribution in [0.4, 0.5) is 13.2 Å². The van der Waals surface area contributed by atoms with E-state index in [0.29, 0.717) is 5.56 Å². The number of hydrogen-bond acceptors (Lipinski definition) is 3. The molecule has 0 unspecified atom stereocenters. The molecule has 0 aromatic carbocycles. The van der Waals surface area contributed by atoms with Crippen molar-refractivity contribution >= 4 is 12.7 Å². The number of hydrogen-bond donors (Lipinski definition) is 0. The number of halogens is 3. The van der Waals surface area contributed by atoms with Gasteiger partial charge in [-0.2, -0.15) is 5.10 Å². The van der Waals surface area contributed by atoms with E-state index >= 15 is 0 Å². The van der Waals surface area contributed by atoms with Crippen molar-refractivity contribution in [3.05, 3.63) is 23.7 Å². The molecule has 0 saturated carbocycles. The van der Waals surface area contributed by atoms with Crippen molar-refractivity contribution < 1.29 is 22.5 Å². The summed E-state index contributed by atoms with van der Waals surface area (Å²) in [7, 11) is -1.11. The SMILES string of the molecule is CC(=C(F)B1OC(C)(C)C(C)(C)O1)c1cnn(CC(F)F)c1. The molecule has 2 heterocycles. The molecule has 0 spiro atoms. The fraction of sp³-hybridized carbons (Fsp3) is 0.643. The molecule has 4 nitrogen and oxygen atoms in total. The van der Waals surface area contributed by atoms with Gasteiger partial charge >= 0.3 is 7.12 Å². The Bertz CT molecular complexity index is 568. The summed E-state index contributed by atoms with van der Waals surface area (Å²) in [5.74, 6) is 0. The van der Waals surface area contributed by atoms with E-state index in [9.17, 15) is 13.2 Å². The monoisotopic (exact) mass is 316 g/mol. The molecule has 0 radical (unpaired) electrons. The van der Waals surface area contributed by atoms with Crippen molar-refractivity contribution in [3.63, 3.8) is 0 Å². The summed E-state index contributed by atoms with van der Waals surface area (Å²) < 4.78 is 51.6. The average Bonchev–Trinajstić information content (AvgIpc) is 2.90. The second-order valence-electron chi connectivity index (χ2n) is 6.40. The molecule has 1 saturated heterocycles. The maximum Gasteiger partial charge on any atom is 0.525 e. The standard InChI is InChI=1S/C14H20BF3N2O2/c1-9(10-6-19-20(7-10)8-11(16)17)12(18)15-21-13(2,3)14(4,5)22-15/h6-7,11H,8H2,1-5H3. The Morgan fingerprint density at radius 3 is 2.32 bits per heavy atom. The largest absolute Gasteiger partial charge is 0.525 e. The van der Waals surface area contributed by atoms with E-state index in [4.69, 9.17) is 9.31 Å². The first-order valence-electron chi connectivity index (χ1n) is 7.06. The Morgan fingerprint density at radius 2 is 1.82 bits per heavy atom. The summed E-state index contributed by atoms with van der Waals surface area (Å²) in [4.78, 5) is 0. The van der Waals surface area contributed by atoms with Crippen molar-refractivity contribution in [2.45, 2.75) is 58.8 Å². The van der Waals surface area contributed by atoms with Crippen molar-refractivity contribution in [1.82, 2.24) is 9.78 Å². The van der Waals surface area contributed by atoms with Gasteiger partial charge in [0, 0.05) is 11.8 Å². The van der Waals surface area contributed by atoms with Gasteiger partial charge in [0.25, 0.3) is 6.43 Å². The van der Waals surface area contributed by atoms with E-state index in [0.717, 1.165) is 4.68 Å². The van der Waals surface area contributed by atoms with Gasteiger partial charge in [0.15, 0.2) is 0 Å². The average molecular weight is 316 g/mol. The molecule has 122 valence electrons. The summed E-state index contributed by atoms with van der Waals surface area (Å²) in [5, 5.41) is 3.80. The summed E-state index contributed by atoms with van der Waals surface area (Å²) in [6.07, 6.45) is 0.222. The van der Waals surface area contributed by atoms with E-state index in [2.05, 4.69) is 5.10 Å². The summed E-state index contributed by atoms with van der Waals surface area (Å²) in [5.41, 5.74) is -1.17. The minimum atomic E-state index is -2.51. The number of alkyl halides is 2. The van der Waals surface area contributed by atoms with Crippen LogP contribution in [0.15, 0.2) is 18.1 Å². The summed E-state index contributed by atoms with van der Waals surface area (Å²) in [6, 6.07) is 0. The van der Waals surface area contributed by atoms with Gasteiger partial charge in [-0.05, 0) is 40.2 Å². The second-order valence-corrected chi connectivity index (χ2v) is 6.40. The van der Waals surface area contributed by atoms with Crippen LogP contribution in [0.3, 0.4) is 0 Å². The van der Waals surface area contributed by atoms with Gasteiger partial charge in [-0.3, -0.25) is 4.68 Å². The number of aromatic nitrogens is 2. The topological polar surface area (TPSA) is 36.3 Å². The maximum atomic E-state index is 14.6. The molecule has 0 bridgehead atoms. The molecule has 0 aliphatic carbocycles. The van der Waals surface area contributed by atoms with Crippen LogP contribution in [0.5, 0.6) is 0 Å². The zero-order valence-electron chi connectivity index (χ0n) is 13.4. The van der Waals surface area contributed by atoms with E-state index in [1.54, 1.807) is 6.92 Å². The fourth-order valence-electron chi connectivity index (χ4n) is 2.06. The van der Waals surface area contributed by atoms with Gasteiger partial charge in [0.2, 0.25) is 0 Å². The zero-order chi connectivity index (χ0) is 16.7. The van der Waals surface area contributed by atoms with Gasteiger partial charge in [-0.1, -0.05) is 0 Å².